The van der Waals surface area contributed by atoms with E-state index in [0.717, 1.165) is 0 Å². The van der Waals surface area contributed by atoms with Gasteiger partial charge in [0.05, 0.1) is 0 Å². The van der Waals surface area contributed by atoms with Gasteiger partial charge in [-0.1, -0.05) is 13.8 Å². The van der Waals surface area contributed by atoms with E-state index in [1.807, 2.05) is 6.21 Å². The van der Waals surface area contributed by atoms with Crippen LogP contribution in [0.5, 0.6) is 0 Å². The molecule has 60 valence electrons. The highest BCUT2D eigenvalue weighted by Crippen LogP contribution is 1.97. The van der Waals surface area contributed by atoms with Gasteiger partial charge in [0.15, 0.2) is 0 Å². The first-order valence-corrected chi connectivity index (χ1v) is 3.72. The Morgan fingerprint density at radius 1 is 1.30 bits per heavy atom. The maximum atomic E-state index is 4.07. The molecule has 0 atom stereocenters. The van der Waals surface area contributed by atoms with E-state index in [1.54, 1.807) is 0 Å². The van der Waals surface area contributed by atoms with Gasteiger partial charge >= 0.3 is 0 Å². The molecular formula is C8H18N2. The third-order valence-electron chi connectivity index (χ3n) is 0.773. The third-order valence-corrected chi connectivity index (χ3v) is 0.773. The molecular weight excluding hydrogens is 124 g/mol. The third kappa shape index (κ3) is 7.47. The largest absolute Gasteiger partial charge is 0.305 e. The van der Waals surface area contributed by atoms with Gasteiger partial charge < -0.3 is 5.43 Å². The fraction of sp³-hybridized carbons (Fsp3) is 0.875. The highest BCUT2D eigenvalue weighted by Gasteiger charge is 2.05. The molecule has 0 aromatic rings. The number of hydrogen-bond donors (Lipinski definition) is 1. The SMILES string of the molecule is CC(C)/C=N/NC(C)(C)C. The molecule has 0 fully saturated rings. The summed E-state index contributed by atoms with van der Waals surface area (Å²) in [6, 6.07) is 0. The quantitative estimate of drug-likeness (QED) is 0.463. The lowest BCUT2D eigenvalue weighted by atomic mass is 10.1. The van der Waals surface area contributed by atoms with E-state index in [1.165, 1.54) is 0 Å². The fourth-order valence-corrected chi connectivity index (χ4v) is 0.380. The average Bonchev–Trinajstić information content (AvgIpc) is 1.59. The van der Waals surface area contributed by atoms with Gasteiger partial charge in [0.1, 0.15) is 0 Å². The van der Waals surface area contributed by atoms with Crippen molar-refractivity contribution < 1.29 is 0 Å². The molecule has 0 unspecified atom stereocenters. The van der Waals surface area contributed by atoms with Crippen molar-refractivity contribution >= 4 is 6.21 Å². The molecule has 2 nitrogen and oxygen atoms in total. The fourth-order valence-electron chi connectivity index (χ4n) is 0.380. The van der Waals surface area contributed by atoms with E-state index in [-0.39, 0.29) is 5.54 Å². The normalized spacial score (nSPS) is 13.0. The van der Waals surface area contributed by atoms with Crippen LogP contribution < -0.4 is 5.43 Å². The minimum Gasteiger partial charge on any atom is -0.305 e. The maximum absolute atomic E-state index is 4.07. The zero-order valence-electron chi connectivity index (χ0n) is 7.60. The predicted molar refractivity (Wildman–Crippen MR) is 46.2 cm³/mol. The lowest BCUT2D eigenvalue weighted by molar-refractivity contribution is 0.441. The first kappa shape index (κ1) is 9.47. The molecule has 0 aliphatic heterocycles. The number of nitrogens with zero attached hydrogens (tertiary/aromatic N) is 1. The van der Waals surface area contributed by atoms with Crippen LogP contribution in [0.15, 0.2) is 5.10 Å². The summed E-state index contributed by atoms with van der Waals surface area (Å²) in [6.45, 7) is 10.5. The van der Waals surface area contributed by atoms with Gasteiger partial charge in [-0.25, -0.2) is 0 Å². The number of rotatable bonds is 2. The Morgan fingerprint density at radius 3 is 2.10 bits per heavy atom. The molecule has 0 radical (unpaired) electrons. The summed E-state index contributed by atoms with van der Waals surface area (Å²) >= 11 is 0. The molecule has 0 saturated carbocycles. The van der Waals surface area contributed by atoms with E-state index in [4.69, 9.17) is 0 Å². The highest BCUT2D eigenvalue weighted by atomic mass is 15.3. The van der Waals surface area contributed by atoms with Crippen molar-refractivity contribution in [1.82, 2.24) is 5.43 Å². The minimum atomic E-state index is 0.0887. The van der Waals surface area contributed by atoms with Crippen LogP contribution in [0.1, 0.15) is 34.6 Å². The Hall–Kier alpha value is -0.530. The molecule has 0 aliphatic rings. The van der Waals surface area contributed by atoms with Crippen molar-refractivity contribution in [2.24, 2.45) is 11.0 Å². The summed E-state index contributed by atoms with van der Waals surface area (Å²) in [5.74, 6) is 0.523. The maximum Gasteiger partial charge on any atom is 0.0464 e. The Kier molecular flexibility index (Phi) is 3.40. The standard InChI is InChI=1S/C8H18N2/c1-7(2)6-9-10-8(3,4)5/h6-7,10H,1-5H3/b9-6+. The Labute approximate surface area is 63.7 Å². The molecule has 0 bridgehead atoms. The van der Waals surface area contributed by atoms with Crippen molar-refractivity contribution in [3.8, 4) is 0 Å². The second-order valence-corrected chi connectivity index (χ2v) is 3.88. The van der Waals surface area contributed by atoms with Crippen LogP contribution in [0.4, 0.5) is 0 Å². The van der Waals surface area contributed by atoms with Crippen molar-refractivity contribution in [3.05, 3.63) is 0 Å². The average molecular weight is 142 g/mol. The Bertz CT molecular complexity index is 109. The van der Waals surface area contributed by atoms with Gasteiger partial charge in [0.2, 0.25) is 0 Å². The molecule has 0 spiro atoms. The monoisotopic (exact) mass is 142 g/mol. The van der Waals surface area contributed by atoms with Crippen molar-refractivity contribution in [2.75, 3.05) is 0 Å². The molecule has 0 heterocycles. The molecule has 0 rings (SSSR count). The van der Waals surface area contributed by atoms with Crippen LogP contribution in [0.2, 0.25) is 0 Å². The number of hydrazone groups is 1. The molecule has 1 N–H and O–H groups in total. The Balaban J connectivity index is 3.54. The number of nitrogens with one attached hydrogen (secondary N) is 1. The summed E-state index contributed by atoms with van der Waals surface area (Å²) in [5, 5.41) is 4.07. The van der Waals surface area contributed by atoms with E-state index < -0.39 is 0 Å². The smallest absolute Gasteiger partial charge is 0.0464 e. The van der Waals surface area contributed by atoms with Crippen LogP contribution in [0, 0.1) is 5.92 Å². The second-order valence-electron chi connectivity index (χ2n) is 3.88. The predicted octanol–water partition coefficient (Wildman–Crippen LogP) is 2.02. The summed E-state index contributed by atoms with van der Waals surface area (Å²) in [7, 11) is 0. The second kappa shape index (κ2) is 3.59. The molecule has 0 aliphatic carbocycles. The summed E-state index contributed by atoms with van der Waals surface area (Å²) < 4.78 is 0. The molecule has 10 heavy (non-hydrogen) atoms. The summed E-state index contributed by atoms with van der Waals surface area (Å²) in [6.07, 6.45) is 1.91. The van der Waals surface area contributed by atoms with Crippen molar-refractivity contribution in [2.45, 2.75) is 40.2 Å². The van der Waals surface area contributed by atoms with E-state index >= 15 is 0 Å². The number of hydrogen-bond acceptors (Lipinski definition) is 2. The van der Waals surface area contributed by atoms with Gasteiger partial charge in [-0.05, 0) is 26.7 Å². The molecule has 2 heteroatoms. The van der Waals surface area contributed by atoms with Gasteiger partial charge in [-0.2, -0.15) is 5.10 Å². The van der Waals surface area contributed by atoms with Gasteiger partial charge in [0.25, 0.3) is 0 Å². The van der Waals surface area contributed by atoms with Crippen LogP contribution in [0.3, 0.4) is 0 Å². The zero-order valence-corrected chi connectivity index (χ0v) is 7.60. The molecule has 0 amide bonds. The minimum absolute atomic E-state index is 0.0887. The van der Waals surface area contributed by atoms with Crippen molar-refractivity contribution in [3.63, 3.8) is 0 Å². The topological polar surface area (TPSA) is 24.4 Å². The lowest BCUT2D eigenvalue weighted by Crippen LogP contribution is -2.31. The van der Waals surface area contributed by atoms with E-state index in [9.17, 15) is 0 Å². The molecule has 0 saturated heterocycles. The Morgan fingerprint density at radius 2 is 1.80 bits per heavy atom. The van der Waals surface area contributed by atoms with Crippen molar-refractivity contribution in [1.29, 1.82) is 0 Å². The molecule has 0 aromatic carbocycles. The lowest BCUT2D eigenvalue weighted by Gasteiger charge is -2.17. The summed E-state index contributed by atoms with van der Waals surface area (Å²) in [4.78, 5) is 0. The van der Waals surface area contributed by atoms with Crippen LogP contribution >= 0.6 is 0 Å². The summed E-state index contributed by atoms with van der Waals surface area (Å²) in [5.41, 5.74) is 3.11. The van der Waals surface area contributed by atoms with Crippen LogP contribution in [-0.2, 0) is 0 Å². The van der Waals surface area contributed by atoms with Gasteiger partial charge in [0, 0.05) is 11.8 Å². The van der Waals surface area contributed by atoms with E-state index in [0.29, 0.717) is 5.92 Å². The first-order chi connectivity index (χ1) is 4.42. The highest BCUT2D eigenvalue weighted by molar-refractivity contribution is 5.59. The van der Waals surface area contributed by atoms with Gasteiger partial charge in [-0.15, -0.1) is 0 Å². The first-order valence-electron chi connectivity index (χ1n) is 3.72. The molecule has 0 aromatic heterocycles. The van der Waals surface area contributed by atoms with Crippen LogP contribution in [0.25, 0.3) is 0 Å². The van der Waals surface area contributed by atoms with Crippen LogP contribution in [-0.4, -0.2) is 11.8 Å². The zero-order chi connectivity index (χ0) is 8.20. The van der Waals surface area contributed by atoms with E-state index in [2.05, 4.69) is 45.1 Å². The van der Waals surface area contributed by atoms with Gasteiger partial charge in [-0.3, -0.25) is 0 Å².